The molecule has 0 spiro atoms. The van der Waals surface area contributed by atoms with Crippen molar-refractivity contribution in [2.75, 3.05) is 5.32 Å². The van der Waals surface area contributed by atoms with Crippen molar-refractivity contribution in [3.63, 3.8) is 0 Å². The van der Waals surface area contributed by atoms with Gasteiger partial charge in [0.25, 0.3) is 0 Å². The lowest BCUT2D eigenvalue weighted by atomic mass is 9.50. The van der Waals surface area contributed by atoms with E-state index in [0.717, 1.165) is 27.8 Å². The Morgan fingerprint density at radius 1 is 1.02 bits per heavy atom. The Bertz CT molecular complexity index is 1610. The molecule has 240 valence electrons. The van der Waals surface area contributed by atoms with Gasteiger partial charge in [0, 0.05) is 30.0 Å². The van der Waals surface area contributed by atoms with Crippen LogP contribution in [0, 0.1) is 24.2 Å². The van der Waals surface area contributed by atoms with E-state index >= 15 is 8.78 Å². The molecule has 0 unspecified atom stereocenters. The van der Waals surface area contributed by atoms with Gasteiger partial charge in [-0.15, -0.1) is 0 Å². The minimum atomic E-state index is -5.89. The van der Waals surface area contributed by atoms with Crippen LogP contribution in [0.2, 0.25) is 0 Å². The first-order valence-corrected chi connectivity index (χ1v) is 15.4. The molecule has 0 bridgehead atoms. The molecule has 0 radical (unpaired) electrons. The number of carbonyl (C=O) groups is 2. The van der Waals surface area contributed by atoms with Gasteiger partial charge in [-0.25, -0.2) is 4.79 Å². The summed E-state index contributed by atoms with van der Waals surface area (Å²) in [6.07, 6.45) is -2.96. The van der Waals surface area contributed by atoms with E-state index in [4.69, 9.17) is 0 Å². The topological polar surface area (TPSA) is 86.6 Å². The van der Waals surface area contributed by atoms with E-state index in [-0.39, 0.29) is 30.1 Å². The van der Waals surface area contributed by atoms with Crippen molar-refractivity contribution >= 4 is 17.4 Å². The van der Waals surface area contributed by atoms with Crippen LogP contribution in [0.3, 0.4) is 0 Å². The molecule has 3 N–H and O–H groups in total. The van der Waals surface area contributed by atoms with Gasteiger partial charge in [0.05, 0.1) is 5.56 Å². The molecule has 2 saturated carbocycles. The maximum Gasteiger partial charge on any atom is 0.456 e. The molecule has 4 aliphatic carbocycles. The summed E-state index contributed by atoms with van der Waals surface area (Å²) in [6.45, 7) is 3.51. The average molecular weight is 630 g/mol. The number of nitrogens with one attached hydrogen (secondary N) is 1. The lowest BCUT2D eigenvalue weighted by Gasteiger charge is -2.56. The molecule has 2 aromatic rings. The standard InChI is InChI=1S/C35H36F5NO4/c1-19-24(31(43)44)4-3-5-29(19)41-18-20-6-8-21(9-7-20)27-17-32(2)28(14-15-33(32,45)34(36,37)35(38,39)40)26-12-10-22-16-23(42)11-13-25(22)30(26)27/h3-9,16,26-28,41,45H,10-15,17-18H2,1-2H3,(H,43,44)/t26-,27+,28-,32-,33-/m0/s1. The van der Waals surface area contributed by atoms with Crippen LogP contribution in [0.25, 0.3) is 0 Å². The second kappa shape index (κ2) is 10.8. The Labute approximate surface area is 258 Å². The number of fused-ring (bicyclic) bond motifs is 4. The van der Waals surface area contributed by atoms with Crippen molar-refractivity contribution in [2.45, 2.75) is 89.0 Å². The Kier molecular flexibility index (Phi) is 7.54. The first-order chi connectivity index (χ1) is 21.1. The summed E-state index contributed by atoms with van der Waals surface area (Å²) >= 11 is 0. The highest BCUT2D eigenvalue weighted by atomic mass is 19.4. The summed E-state index contributed by atoms with van der Waals surface area (Å²) in [5, 5.41) is 24.1. The lowest BCUT2D eigenvalue weighted by Crippen LogP contribution is -2.65. The molecular weight excluding hydrogens is 593 g/mol. The summed E-state index contributed by atoms with van der Waals surface area (Å²) in [7, 11) is 0. The van der Waals surface area contributed by atoms with Gasteiger partial charge in [-0.2, -0.15) is 22.0 Å². The Morgan fingerprint density at radius 3 is 2.40 bits per heavy atom. The Morgan fingerprint density at radius 2 is 1.73 bits per heavy atom. The van der Waals surface area contributed by atoms with E-state index in [9.17, 15) is 33.0 Å². The predicted molar refractivity (Wildman–Crippen MR) is 158 cm³/mol. The maximum absolute atomic E-state index is 15.2. The van der Waals surface area contributed by atoms with Gasteiger partial charge < -0.3 is 15.5 Å². The van der Waals surface area contributed by atoms with Crippen molar-refractivity contribution in [1.82, 2.24) is 0 Å². The van der Waals surface area contributed by atoms with Crippen molar-refractivity contribution < 1.29 is 41.8 Å². The number of carbonyl (C=O) groups excluding carboxylic acids is 1. The fourth-order valence-electron chi connectivity index (χ4n) is 8.84. The van der Waals surface area contributed by atoms with E-state index in [0.29, 0.717) is 43.5 Å². The number of alkyl halides is 5. The maximum atomic E-state index is 15.2. The lowest BCUT2D eigenvalue weighted by molar-refractivity contribution is -0.362. The van der Waals surface area contributed by atoms with Crippen LogP contribution in [0.5, 0.6) is 0 Å². The molecule has 45 heavy (non-hydrogen) atoms. The zero-order valence-electron chi connectivity index (χ0n) is 25.1. The number of hydrogen-bond donors (Lipinski definition) is 3. The van der Waals surface area contributed by atoms with E-state index in [1.165, 1.54) is 13.0 Å². The number of ketones is 1. The fraction of sp³-hybridized carbons (Fsp3) is 0.486. The minimum absolute atomic E-state index is 0.0334. The number of anilines is 1. The third-order valence-corrected chi connectivity index (χ3v) is 11.2. The summed E-state index contributed by atoms with van der Waals surface area (Å²) in [4.78, 5) is 23.8. The van der Waals surface area contributed by atoms with Gasteiger partial charge in [0.15, 0.2) is 5.78 Å². The van der Waals surface area contributed by atoms with Gasteiger partial charge in [-0.1, -0.05) is 42.8 Å². The summed E-state index contributed by atoms with van der Waals surface area (Å²) in [5.41, 5.74) is 1.10. The van der Waals surface area contributed by atoms with Gasteiger partial charge in [0.2, 0.25) is 0 Å². The van der Waals surface area contributed by atoms with E-state index < -0.39 is 47.3 Å². The fourth-order valence-corrected chi connectivity index (χ4v) is 8.84. The number of carboxylic acid groups (broad SMARTS) is 1. The first-order valence-electron chi connectivity index (χ1n) is 15.4. The first kappa shape index (κ1) is 31.5. The molecule has 5 atom stereocenters. The summed E-state index contributed by atoms with van der Waals surface area (Å²) in [6, 6.07) is 12.4. The molecule has 0 aliphatic heterocycles. The number of allylic oxidation sites excluding steroid dienone is 4. The van der Waals surface area contributed by atoms with Crippen molar-refractivity contribution in [3.05, 3.63) is 87.5 Å². The predicted octanol–water partition coefficient (Wildman–Crippen LogP) is 8.13. The van der Waals surface area contributed by atoms with Crippen molar-refractivity contribution in [2.24, 2.45) is 17.3 Å². The van der Waals surface area contributed by atoms with E-state index in [2.05, 4.69) is 5.32 Å². The third kappa shape index (κ3) is 4.82. The van der Waals surface area contributed by atoms with Crippen LogP contribution in [-0.4, -0.2) is 39.7 Å². The van der Waals surface area contributed by atoms with Gasteiger partial charge in [-0.3, -0.25) is 4.79 Å². The molecule has 4 aliphatic rings. The number of hydrogen-bond acceptors (Lipinski definition) is 4. The van der Waals surface area contributed by atoms with Crippen molar-refractivity contribution in [1.29, 1.82) is 0 Å². The smallest absolute Gasteiger partial charge is 0.456 e. The van der Waals surface area contributed by atoms with Crippen LogP contribution in [0.4, 0.5) is 27.6 Å². The van der Waals surface area contributed by atoms with Crippen LogP contribution < -0.4 is 5.32 Å². The van der Waals surface area contributed by atoms with Crippen LogP contribution >= 0.6 is 0 Å². The molecule has 6 rings (SSSR count). The highest BCUT2D eigenvalue weighted by Gasteiger charge is 2.79. The highest BCUT2D eigenvalue weighted by Crippen LogP contribution is 2.70. The zero-order valence-corrected chi connectivity index (χ0v) is 25.1. The van der Waals surface area contributed by atoms with Crippen molar-refractivity contribution in [3.8, 4) is 0 Å². The SMILES string of the molecule is Cc1c(NCc2ccc([C@H]3C[C@@]4(C)[C@@H](CC[C@@]4(O)C(F)(F)C(F)(F)F)[C@@H]4CCC5=CC(=O)CCC5=C43)cc2)cccc1C(=O)O. The molecule has 0 aromatic heterocycles. The van der Waals surface area contributed by atoms with E-state index in [1.54, 1.807) is 25.1 Å². The largest absolute Gasteiger partial charge is 0.478 e. The molecule has 0 amide bonds. The molecule has 0 saturated heterocycles. The molecule has 2 aromatic carbocycles. The van der Waals surface area contributed by atoms with Gasteiger partial charge >= 0.3 is 18.1 Å². The van der Waals surface area contributed by atoms with Crippen LogP contribution in [0.1, 0.15) is 84.8 Å². The highest BCUT2D eigenvalue weighted by molar-refractivity contribution is 5.93. The van der Waals surface area contributed by atoms with E-state index in [1.807, 2.05) is 24.3 Å². The second-order valence-corrected chi connectivity index (χ2v) is 13.3. The summed E-state index contributed by atoms with van der Waals surface area (Å²) in [5.74, 6) is -7.61. The number of aliphatic hydroxyl groups is 1. The third-order valence-electron chi connectivity index (χ3n) is 11.2. The monoisotopic (exact) mass is 629 g/mol. The molecule has 10 heteroatoms. The number of benzene rings is 2. The zero-order chi connectivity index (χ0) is 32.5. The quantitative estimate of drug-likeness (QED) is 0.281. The summed E-state index contributed by atoms with van der Waals surface area (Å²) < 4.78 is 71.8. The van der Waals surface area contributed by atoms with Gasteiger partial charge in [-0.05, 0) is 103 Å². The minimum Gasteiger partial charge on any atom is -0.478 e. The van der Waals surface area contributed by atoms with Crippen LogP contribution in [0.15, 0.2) is 65.3 Å². The Balaban J connectivity index is 1.37. The Hall–Kier alpha value is -3.53. The number of aromatic carboxylic acids is 1. The van der Waals surface area contributed by atoms with Gasteiger partial charge in [0.1, 0.15) is 5.60 Å². The molecular formula is C35H36F5NO4. The molecule has 0 heterocycles. The average Bonchev–Trinajstić information content (AvgIpc) is 3.27. The molecule has 2 fully saturated rings. The molecule has 5 nitrogen and oxygen atoms in total. The number of rotatable bonds is 6. The van der Waals surface area contributed by atoms with Crippen LogP contribution in [-0.2, 0) is 11.3 Å². The second-order valence-electron chi connectivity index (χ2n) is 13.3. The normalized spacial score (nSPS) is 29.9. The number of halogens is 5. The number of carboxylic acids is 1.